The molecule has 4 aromatic rings. The molecule has 218 valence electrons. The molecular formula is C31H34N6O5. The van der Waals surface area contributed by atoms with Crippen LogP contribution in [0.5, 0.6) is 11.5 Å². The smallest absolute Gasteiger partial charge is 0.332 e. The summed E-state index contributed by atoms with van der Waals surface area (Å²) in [6.45, 7) is 2.84. The van der Waals surface area contributed by atoms with E-state index in [1.54, 1.807) is 9.13 Å². The topological polar surface area (TPSA) is 113 Å². The number of aromatic nitrogens is 4. The third-order valence-electron chi connectivity index (χ3n) is 7.61. The van der Waals surface area contributed by atoms with Crippen LogP contribution in [0.25, 0.3) is 5.69 Å². The van der Waals surface area contributed by atoms with Crippen LogP contribution in [0.1, 0.15) is 42.5 Å². The normalized spacial score (nSPS) is 17.6. The Balaban J connectivity index is 0.989. The minimum Gasteiger partial charge on any atom is -0.457 e. The second-order valence-electron chi connectivity index (χ2n) is 10.6. The summed E-state index contributed by atoms with van der Waals surface area (Å²) in [7, 11) is 0. The van der Waals surface area contributed by atoms with Crippen LogP contribution in [-0.2, 0) is 16.1 Å². The molecule has 2 aromatic heterocycles. The zero-order valence-corrected chi connectivity index (χ0v) is 23.3. The van der Waals surface area contributed by atoms with Gasteiger partial charge in [-0.1, -0.05) is 18.2 Å². The predicted octanol–water partition coefficient (Wildman–Crippen LogP) is 4.33. The fourth-order valence-electron chi connectivity index (χ4n) is 5.23. The molecule has 2 aliphatic heterocycles. The van der Waals surface area contributed by atoms with Gasteiger partial charge in [0.2, 0.25) is 5.95 Å². The Morgan fingerprint density at radius 2 is 1.67 bits per heavy atom. The monoisotopic (exact) mass is 570 g/mol. The van der Waals surface area contributed by atoms with Crippen molar-refractivity contribution in [3.05, 3.63) is 95.4 Å². The molecule has 0 spiro atoms. The Bertz CT molecular complexity index is 1510. The maximum Gasteiger partial charge on any atom is 0.332 e. The van der Waals surface area contributed by atoms with Crippen LogP contribution < -0.4 is 20.8 Å². The van der Waals surface area contributed by atoms with Crippen molar-refractivity contribution in [3.63, 3.8) is 0 Å². The Labute approximate surface area is 243 Å². The standard InChI is InChI=1S/C31H34N6O5/c38-29(34-42-28-8-4-5-19-40-28)24-20-32-30(33-21-24)35-15-13-23(14-16-35)22-36-17-18-37(31(36)39)25-9-11-27(12-10-25)41-26-6-2-1-3-7-26/h1-3,6-7,9-12,17-18,20-21,23,28H,4-5,8,13-16,19,22H2,(H,34,38). The Hall–Kier alpha value is -4.48. The van der Waals surface area contributed by atoms with Crippen LogP contribution >= 0.6 is 0 Å². The van der Waals surface area contributed by atoms with Gasteiger partial charge in [-0.15, -0.1) is 0 Å². The molecule has 2 fully saturated rings. The number of nitrogens with zero attached hydrogens (tertiary/aromatic N) is 5. The maximum absolute atomic E-state index is 13.1. The van der Waals surface area contributed by atoms with Crippen LogP contribution in [0, 0.1) is 5.92 Å². The molecule has 0 bridgehead atoms. The van der Waals surface area contributed by atoms with E-state index in [9.17, 15) is 9.59 Å². The van der Waals surface area contributed by atoms with Crippen molar-refractivity contribution in [3.8, 4) is 17.2 Å². The van der Waals surface area contributed by atoms with Crippen molar-refractivity contribution in [2.75, 3.05) is 24.6 Å². The molecular weight excluding hydrogens is 536 g/mol. The van der Waals surface area contributed by atoms with Gasteiger partial charge in [-0.25, -0.2) is 25.1 Å². The number of piperidine rings is 1. The molecule has 0 radical (unpaired) electrons. The van der Waals surface area contributed by atoms with E-state index in [2.05, 4.69) is 20.3 Å². The van der Waals surface area contributed by atoms with Crippen LogP contribution in [0.2, 0.25) is 0 Å². The fourth-order valence-corrected chi connectivity index (χ4v) is 5.23. The van der Waals surface area contributed by atoms with Crippen molar-refractivity contribution < 1.29 is 19.1 Å². The molecule has 2 aromatic carbocycles. The van der Waals surface area contributed by atoms with Crippen molar-refractivity contribution in [1.82, 2.24) is 24.6 Å². The molecule has 0 aliphatic carbocycles. The number of nitrogens with one attached hydrogen (secondary N) is 1. The second-order valence-corrected chi connectivity index (χ2v) is 10.6. The average Bonchev–Trinajstić information content (AvgIpc) is 3.41. The number of ether oxygens (including phenoxy) is 2. The SMILES string of the molecule is O=C(NOC1CCCCO1)c1cnc(N2CCC(Cn3ccn(-c4ccc(Oc5ccccc5)cc4)c3=O)CC2)nc1. The number of imidazole rings is 1. The third-order valence-corrected chi connectivity index (χ3v) is 7.61. The van der Waals surface area contributed by atoms with Crippen molar-refractivity contribution in [2.45, 2.75) is 44.9 Å². The van der Waals surface area contributed by atoms with Gasteiger partial charge < -0.3 is 14.4 Å². The number of amides is 1. The lowest BCUT2D eigenvalue weighted by Gasteiger charge is -2.32. The molecule has 11 nitrogen and oxygen atoms in total. The van der Waals surface area contributed by atoms with E-state index >= 15 is 0 Å². The molecule has 1 amide bonds. The van der Waals surface area contributed by atoms with E-state index in [0.29, 0.717) is 36.3 Å². The van der Waals surface area contributed by atoms with E-state index in [4.69, 9.17) is 14.3 Å². The summed E-state index contributed by atoms with van der Waals surface area (Å²) in [6.07, 6.45) is 10.9. The molecule has 4 heterocycles. The first-order chi connectivity index (χ1) is 20.6. The van der Waals surface area contributed by atoms with Gasteiger partial charge in [-0.2, -0.15) is 0 Å². The van der Waals surface area contributed by atoms with Gasteiger partial charge in [-0.3, -0.25) is 13.9 Å². The van der Waals surface area contributed by atoms with Gasteiger partial charge in [0.25, 0.3) is 5.91 Å². The third kappa shape index (κ3) is 6.69. The number of hydrogen-bond donors (Lipinski definition) is 1. The van der Waals surface area contributed by atoms with E-state index in [-0.39, 0.29) is 5.69 Å². The predicted molar refractivity (Wildman–Crippen MR) is 156 cm³/mol. The van der Waals surface area contributed by atoms with E-state index in [1.165, 1.54) is 12.4 Å². The highest BCUT2D eigenvalue weighted by molar-refractivity contribution is 5.92. The highest BCUT2D eigenvalue weighted by Gasteiger charge is 2.23. The molecule has 2 aliphatic rings. The van der Waals surface area contributed by atoms with Crippen LogP contribution in [0.15, 0.2) is 84.2 Å². The van der Waals surface area contributed by atoms with E-state index in [1.807, 2.05) is 67.0 Å². The highest BCUT2D eigenvalue weighted by atomic mass is 16.8. The molecule has 1 N–H and O–H groups in total. The van der Waals surface area contributed by atoms with Gasteiger partial charge >= 0.3 is 5.69 Å². The van der Waals surface area contributed by atoms with Crippen molar-refractivity contribution >= 4 is 11.9 Å². The minimum atomic E-state index is -0.412. The first kappa shape index (κ1) is 27.7. The minimum absolute atomic E-state index is 0.0645. The Kier molecular flexibility index (Phi) is 8.57. The lowest BCUT2D eigenvalue weighted by molar-refractivity contribution is -0.186. The number of para-hydroxylation sites is 1. The molecule has 2 saturated heterocycles. The Morgan fingerprint density at radius 3 is 2.38 bits per heavy atom. The second kappa shape index (κ2) is 13.0. The molecule has 1 unspecified atom stereocenters. The van der Waals surface area contributed by atoms with Gasteiger partial charge in [0.15, 0.2) is 6.29 Å². The van der Waals surface area contributed by atoms with E-state index < -0.39 is 12.2 Å². The van der Waals surface area contributed by atoms with E-state index in [0.717, 1.165) is 56.6 Å². The number of benzene rings is 2. The summed E-state index contributed by atoms with van der Waals surface area (Å²) in [6, 6.07) is 17.1. The Morgan fingerprint density at radius 1 is 0.929 bits per heavy atom. The number of carbonyl (C=O) groups is 1. The first-order valence-corrected chi connectivity index (χ1v) is 14.4. The van der Waals surface area contributed by atoms with Crippen molar-refractivity contribution in [1.29, 1.82) is 0 Å². The zero-order chi connectivity index (χ0) is 28.7. The number of carbonyl (C=O) groups excluding carboxylic acids is 1. The van der Waals surface area contributed by atoms with Gasteiger partial charge in [-0.05, 0) is 68.0 Å². The van der Waals surface area contributed by atoms with Crippen molar-refractivity contribution in [2.24, 2.45) is 5.92 Å². The number of anilines is 1. The van der Waals surface area contributed by atoms with Crippen LogP contribution in [0.4, 0.5) is 5.95 Å². The van der Waals surface area contributed by atoms with Crippen LogP contribution in [-0.4, -0.2) is 51.0 Å². The average molecular weight is 571 g/mol. The summed E-state index contributed by atoms with van der Waals surface area (Å²) < 4.78 is 14.7. The maximum atomic E-state index is 13.1. The lowest BCUT2D eigenvalue weighted by Crippen LogP contribution is -2.37. The quantitative estimate of drug-likeness (QED) is 0.296. The molecule has 42 heavy (non-hydrogen) atoms. The van der Waals surface area contributed by atoms with Gasteiger partial charge in [0, 0.05) is 57.4 Å². The summed E-state index contributed by atoms with van der Waals surface area (Å²) in [5.74, 6) is 2.03. The number of rotatable bonds is 9. The summed E-state index contributed by atoms with van der Waals surface area (Å²) in [4.78, 5) is 41.8. The fraction of sp³-hybridized carbons (Fsp3) is 0.355. The molecule has 6 rings (SSSR count). The number of hydrogen-bond acceptors (Lipinski definition) is 8. The first-order valence-electron chi connectivity index (χ1n) is 14.4. The number of hydroxylamine groups is 1. The lowest BCUT2D eigenvalue weighted by atomic mass is 9.97. The summed E-state index contributed by atoms with van der Waals surface area (Å²) in [5, 5.41) is 0. The van der Waals surface area contributed by atoms with Crippen LogP contribution in [0.3, 0.4) is 0 Å². The molecule has 11 heteroatoms. The highest BCUT2D eigenvalue weighted by Crippen LogP contribution is 2.24. The molecule has 1 atom stereocenters. The summed E-state index contributed by atoms with van der Waals surface area (Å²) >= 11 is 0. The zero-order valence-electron chi connectivity index (χ0n) is 23.3. The largest absolute Gasteiger partial charge is 0.457 e. The van der Waals surface area contributed by atoms with Gasteiger partial charge in [0.05, 0.1) is 11.3 Å². The van der Waals surface area contributed by atoms with Gasteiger partial charge in [0.1, 0.15) is 11.5 Å². The molecule has 0 saturated carbocycles. The summed E-state index contributed by atoms with van der Waals surface area (Å²) in [5.41, 5.74) is 3.48.